The number of likely N-dealkylation sites (N-methyl/N-ethyl adjacent to an activating group) is 1. The maximum absolute atomic E-state index is 12.0. The largest absolute Gasteiger partial charge is 0.347 e. The summed E-state index contributed by atoms with van der Waals surface area (Å²) in [6.07, 6.45) is 5.51. The van der Waals surface area contributed by atoms with Gasteiger partial charge < -0.3 is 10.6 Å². The van der Waals surface area contributed by atoms with Crippen LogP contribution in [0.5, 0.6) is 0 Å². The Hall–Kier alpha value is -0.610. The smallest absolute Gasteiger partial charge is 0.239 e. The van der Waals surface area contributed by atoms with E-state index in [0.717, 1.165) is 32.2 Å². The number of rotatable bonds is 2. The summed E-state index contributed by atoms with van der Waals surface area (Å²) in [4.78, 5) is 16.2. The fraction of sp³-hybridized carbons (Fsp3) is 0.917. The molecule has 0 aromatic rings. The van der Waals surface area contributed by atoms with E-state index in [0.29, 0.717) is 12.1 Å². The summed E-state index contributed by atoms with van der Waals surface area (Å²) < 4.78 is 0. The van der Waals surface area contributed by atoms with E-state index >= 15 is 0 Å². The average molecular weight is 225 g/mol. The molecule has 1 saturated heterocycles. The molecule has 2 fully saturated rings. The number of amides is 1. The molecular weight excluding hydrogens is 202 g/mol. The molecule has 1 heterocycles. The van der Waals surface area contributed by atoms with Crippen molar-refractivity contribution in [1.82, 2.24) is 9.80 Å². The number of carbonyl (C=O) groups excluding carboxylic acids is 1. The van der Waals surface area contributed by atoms with Crippen molar-refractivity contribution in [2.75, 3.05) is 20.6 Å². The van der Waals surface area contributed by atoms with Gasteiger partial charge in [0.25, 0.3) is 0 Å². The van der Waals surface area contributed by atoms with E-state index in [2.05, 4.69) is 4.90 Å². The zero-order valence-electron chi connectivity index (χ0n) is 10.4. The van der Waals surface area contributed by atoms with Crippen LogP contribution in [0.2, 0.25) is 0 Å². The highest BCUT2D eigenvalue weighted by atomic mass is 16.2. The Balaban J connectivity index is 2.00. The van der Waals surface area contributed by atoms with E-state index in [9.17, 15) is 4.79 Å². The molecule has 2 aliphatic rings. The molecule has 2 rings (SSSR count). The van der Waals surface area contributed by atoms with Gasteiger partial charge in [0.15, 0.2) is 0 Å². The van der Waals surface area contributed by atoms with Gasteiger partial charge in [0, 0.05) is 26.2 Å². The lowest BCUT2D eigenvalue weighted by molar-refractivity contribution is -0.134. The van der Waals surface area contributed by atoms with Crippen LogP contribution < -0.4 is 5.73 Å². The van der Waals surface area contributed by atoms with E-state index in [1.165, 1.54) is 6.42 Å². The summed E-state index contributed by atoms with van der Waals surface area (Å²) in [7, 11) is 3.69. The summed E-state index contributed by atoms with van der Waals surface area (Å²) in [5.41, 5.74) is 5.95. The lowest BCUT2D eigenvalue weighted by atomic mass is 10.1. The van der Waals surface area contributed by atoms with Crippen LogP contribution in [0.4, 0.5) is 0 Å². The second kappa shape index (κ2) is 4.72. The van der Waals surface area contributed by atoms with Crippen LogP contribution in [-0.2, 0) is 4.79 Å². The van der Waals surface area contributed by atoms with Crippen molar-refractivity contribution >= 4 is 5.91 Å². The summed E-state index contributed by atoms with van der Waals surface area (Å²) in [5.74, 6) is 0.262. The van der Waals surface area contributed by atoms with Crippen LogP contribution >= 0.6 is 0 Å². The van der Waals surface area contributed by atoms with E-state index in [4.69, 9.17) is 5.73 Å². The predicted molar refractivity (Wildman–Crippen MR) is 64.0 cm³/mol. The van der Waals surface area contributed by atoms with E-state index in [1.807, 2.05) is 14.1 Å². The van der Waals surface area contributed by atoms with Gasteiger partial charge in [-0.25, -0.2) is 0 Å². The van der Waals surface area contributed by atoms with Crippen molar-refractivity contribution in [3.05, 3.63) is 0 Å². The molecule has 3 unspecified atom stereocenters. The number of likely N-dealkylation sites (tertiary alicyclic amines) is 1. The van der Waals surface area contributed by atoms with Gasteiger partial charge in [0.1, 0.15) is 0 Å². The summed E-state index contributed by atoms with van der Waals surface area (Å²) in [6.45, 7) is 1.07. The average Bonchev–Trinajstić information content (AvgIpc) is 2.83. The standard InChI is InChI=1S/C12H23N3O/c1-14(2)12(16)11-4-3-7-15(11)10-6-5-9(13)8-10/h9-11H,3-8,13H2,1-2H3. The number of nitrogens with two attached hydrogens (primary N) is 1. The van der Waals surface area contributed by atoms with Crippen molar-refractivity contribution in [2.45, 2.75) is 50.2 Å². The Bertz CT molecular complexity index is 267. The van der Waals surface area contributed by atoms with Gasteiger partial charge in [-0.1, -0.05) is 0 Å². The molecule has 0 aromatic carbocycles. The Kier molecular flexibility index (Phi) is 3.50. The Morgan fingerprint density at radius 1 is 1.31 bits per heavy atom. The van der Waals surface area contributed by atoms with Crippen LogP contribution in [0.15, 0.2) is 0 Å². The molecule has 16 heavy (non-hydrogen) atoms. The molecule has 4 heteroatoms. The van der Waals surface area contributed by atoms with Crippen molar-refractivity contribution in [3.63, 3.8) is 0 Å². The van der Waals surface area contributed by atoms with Gasteiger partial charge in [-0.2, -0.15) is 0 Å². The number of hydrogen-bond acceptors (Lipinski definition) is 3. The minimum atomic E-state index is 0.116. The topological polar surface area (TPSA) is 49.6 Å². The molecule has 1 aliphatic carbocycles. The Morgan fingerprint density at radius 3 is 2.62 bits per heavy atom. The number of nitrogens with zero attached hydrogens (tertiary/aromatic N) is 2. The van der Waals surface area contributed by atoms with Gasteiger partial charge in [0.05, 0.1) is 6.04 Å². The van der Waals surface area contributed by atoms with Crippen LogP contribution in [0.3, 0.4) is 0 Å². The molecular formula is C12H23N3O. The van der Waals surface area contributed by atoms with Gasteiger partial charge in [-0.3, -0.25) is 9.69 Å². The SMILES string of the molecule is CN(C)C(=O)C1CCCN1C1CCC(N)C1. The quantitative estimate of drug-likeness (QED) is 0.741. The van der Waals surface area contributed by atoms with Crippen LogP contribution in [0, 0.1) is 0 Å². The van der Waals surface area contributed by atoms with Crippen LogP contribution in [-0.4, -0.2) is 54.5 Å². The zero-order valence-corrected chi connectivity index (χ0v) is 10.4. The predicted octanol–water partition coefficient (Wildman–Crippen LogP) is 0.419. The highest BCUT2D eigenvalue weighted by molar-refractivity contribution is 5.81. The maximum Gasteiger partial charge on any atom is 0.239 e. The third kappa shape index (κ3) is 2.23. The van der Waals surface area contributed by atoms with E-state index < -0.39 is 0 Å². The van der Waals surface area contributed by atoms with Gasteiger partial charge in [-0.05, 0) is 38.6 Å². The maximum atomic E-state index is 12.0. The molecule has 0 bridgehead atoms. The van der Waals surface area contributed by atoms with E-state index in [-0.39, 0.29) is 11.9 Å². The summed E-state index contributed by atoms with van der Waals surface area (Å²) in [5, 5.41) is 0. The number of carbonyl (C=O) groups is 1. The molecule has 0 radical (unpaired) electrons. The third-order valence-electron chi connectivity index (χ3n) is 3.93. The normalized spacial score (nSPS) is 35.6. The monoisotopic (exact) mass is 225 g/mol. The first kappa shape index (κ1) is 11.9. The molecule has 3 atom stereocenters. The van der Waals surface area contributed by atoms with Crippen molar-refractivity contribution in [2.24, 2.45) is 5.73 Å². The summed E-state index contributed by atoms with van der Waals surface area (Å²) in [6, 6.07) is 1.01. The van der Waals surface area contributed by atoms with Crippen LogP contribution in [0.1, 0.15) is 32.1 Å². The van der Waals surface area contributed by atoms with Gasteiger partial charge >= 0.3 is 0 Å². The molecule has 1 amide bonds. The molecule has 4 nitrogen and oxygen atoms in total. The fourth-order valence-corrected chi connectivity index (χ4v) is 3.08. The summed E-state index contributed by atoms with van der Waals surface area (Å²) >= 11 is 0. The molecule has 0 spiro atoms. The third-order valence-corrected chi connectivity index (χ3v) is 3.93. The van der Waals surface area contributed by atoms with E-state index in [1.54, 1.807) is 4.90 Å². The van der Waals surface area contributed by atoms with Gasteiger partial charge in [-0.15, -0.1) is 0 Å². The molecule has 1 saturated carbocycles. The minimum absolute atomic E-state index is 0.116. The first-order valence-electron chi connectivity index (χ1n) is 6.32. The van der Waals surface area contributed by atoms with Crippen molar-refractivity contribution in [3.8, 4) is 0 Å². The fourth-order valence-electron chi connectivity index (χ4n) is 3.08. The highest BCUT2D eigenvalue weighted by Crippen LogP contribution is 2.30. The zero-order chi connectivity index (χ0) is 11.7. The first-order chi connectivity index (χ1) is 7.59. The van der Waals surface area contributed by atoms with Crippen LogP contribution in [0.25, 0.3) is 0 Å². The second-order valence-electron chi connectivity index (χ2n) is 5.36. The second-order valence-corrected chi connectivity index (χ2v) is 5.36. The molecule has 92 valence electrons. The Morgan fingerprint density at radius 2 is 2.06 bits per heavy atom. The van der Waals surface area contributed by atoms with Crippen molar-refractivity contribution in [1.29, 1.82) is 0 Å². The molecule has 0 aromatic heterocycles. The van der Waals surface area contributed by atoms with Gasteiger partial charge in [0.2, 0.25) is 5.91 Å². The lowest BCUT2D eigenvalue weighted by Crippen LogP contribution is -2.46. The number of hydrogen-bond donors (Lipinski definition) is 1. The molecule has 2 N–H and O–H groups in total. The lowest BCUT2D eigenvalue weighted by Gasteiger charge is -2.31. The first-order valence-corrected chi connectivity index (χ1v) is 6.32. The molecule has 1 aliphatic heterocycles. The Labute approximate surface area is 97.8 Å². The minimum Gasteiger partial charge on any atom is -0.347 e. The van der Waals surface area contributed by atoms with Crippen molar-refractivity contribution < 1.29 is 4.79 Å². The highest BCUT2D eigenvalue weighted by Gasteiger charge is 2.38.